The van der Waals surface area contributed by atoms with Crippen molar-refractivity contribution in [3.8, 4) is 0 Å². The lowest BCUT2D eigenvalue weighted by Gasteiger charge is -2.37. The van der Waals surface area contributed by atoms with E-state index in [2.05, 4.69) is 10.2 Å². The number of nitrogens with zero attached hydrogens (tertiary/aromatic N) is 1. The van der Waals surface area contributed by atoms with Crippen molar-refractivity contribution in [3.05, 3.63) is 0 Å². The molecule has 0 radical (unpaired) electrons. The van der Waals surface area contributed by atoms with Crippen molar-refractivity contribution in [2.45, 2.75) is 44.6 Å². The zero-order valence-electron chi connectivity index (χ0n) is 10.3. The van der Waals surface area contributed by atoms with E-state index < -0.39 is 0 Å². The quantitative estimate of drug-likeness (QED) is 0.796. The van der Waals surface area contributed by atoms with Gasteiger partial charge in [-0.15, -0.1) is 0 Å². The molecule has 2 aliphatic heterocycles. The second-order valence-corrected chi connectivity index (χ2v) is 5.23. The van der Waals surface area contributed by atoms with Crippen LogP contribution in [-0.2, 0) is 0 Å². The summed E-state index contributed by atoms with van der Waals surface area (Å²) in [7, 11) is 0. The predicted octanol–water partition coefficient (Wildman–Crippen LogP) is 2.20. The number of halogens is 1. The maximum atomic E-state index is 12.6. The third kappa shape index (κ3) is 3.17. The number of nitrogens with one attached hydrogen (secondary N) is 1. The SMILES string of the molecule is FCCN1CCCCCC1C1CCNCC1. The van der Waals surface area contributed by atoms with Gasteiger partial charge in [0.15, 0.2) is 0 Å². The second kappa shape index (κ2) is 6.55. The fraction of sp³-hybridized carbons (Fsp3) is 1.00. The van der Waals surface area contributed by atoms with Crippen LogP contribution in [0.3, 0.4) is 0 Å². The highest BCUT2D eigenvalue weighted by atomic mass is 19.1. The number of hydrogen-bond donors (Lipinski definition) is 1. The minimum atomic E-state index is -0.179. The Labute approximate surface area is 98.6 Å². The van der Waals surface area contributed by atoms with Gasteiger partial charge in [-0.25, -0.2) is 4.39 Å². The molecule has 0 saturated carbocycles. The first-order chi connectivity index (χ1) is 7.92. The molecule has 1 unspecified atom stereocenters. The molecule has 2 nitrogen and oxygen atoms in total. The van der Waals surface area contributed by atoms with Crippen LogP contribution in [0, 0.1) is 5.92 Å². The maximum Gasteiger partial charge on any atom is 0.102 e. The van der Waals surface area contributed by atoms with Crippen molar-refractivity contribution in [3.63, 3.8) is 0 Å². The van der Waals surface area contributed by atoms with Gasteiger partial charge in [-0.3, -0.25) is 4.90 Å². The van der Waals surface area contributed by atoms with E-state index in [4.69, 9.17) is 0 Å². The number of hydrogen-bond acceptors (Lipinski definition) is 2. The van der Waals surface area contributed by atoms with Crippen LogP contribution in [0.15, 0.2) is 0 Å². The highest BCUT2D eigenvalue weighted by molar-refractivity contribution is 4.84. The largest absolute Gasteiger partial charge is 0.317 e. The van der Waals surface area contributed by atoms with Gasteiger partial charge >= 0.3 is 0 Å². The van der Waals surface area contributed by atoms with Gasteiger partial charge in [0, 0.05) is 12.6 Å². The van der Waals surface area contributed by atoms with E-state index in [0.29, 0.717) is 12.6 Å². The Morgan fingerprint density at radius 1 is 1.06 bits per heavy atom. The van der Waals surface area contributed by atoms with E-state index >= 15 is 0 Å². The van der Waals surface area contributed by atoms with Gasteiger partial charge in [0.2, 0.25) is 0 Å². The number of alkyl halides is 1. The minimum Gasteiger partial charge on any atom is -0.317 e. The van der Waals surface area contributed by atoms with Crippen LogP contribution in [0.25, 0.3) is 0 Å². The zero-order valence-corrected chi connectivity index (χ0v) is 10.3. The highest BCUT2D eigenvalue weighted by Crippen LogP contribution is 2.27. The van der Waals surface area contributed by atoms with E-state index in [9.17, 15) is 4.39 Å². The van der Waals surface area contributed by atoms with Crippen molar-refractivity contribution >= 4 is 0 Å². The van der Waals surface area contributed by atoms with Crippen LogP contribution >= 0.6 is 0 Å². The predicted molar refractivity (Wildman–Crippen MR) is 65.4 cm³/mol. The van der Waals surface area contributed by atoms with Crippen molar-refractivity contribution in [2.24, 2.45) is 5.92 Å². The summed E-state index contributed by atoms with van der Waals surface area (Å²) in [5.41, 5.74) is 0. The van der Waals surface area contributed by atoms with Crippen LogP contribution in [-0.4, -0.2) is 43.8 Å². The van der Waals surface area contributed by atoms with Gasteiger partial charge in [0.05, 0.1) is 0 Å². The van der Waals surface area contributed by atoms with Gasteiger partial charge in [0.25, 0.3) is 0 Å². The Morgan fingerprint density at radius 3 is 2.62 bits per heavy atom. The maximum absolute atomic E-state index is 12.6. The number of piperidine rings is 1. The van der Waals surface area contributed by atoms with Crippen LogP contribution in [0.2, 0.25) is 0 Å². The zero-order chi connectivity index (χ0) is 11.2. The van der Waals surface area contributed by atoms with Gasteiger partial charge in [-0.05, 0) is 51.2 Å². The normalized spacial score (nSPS) is 30.2. The monoisotopic (exact) mass is 228 g/mol. The summed E-state index contributed by atoms with van der Waals surface area (Å²) < 4.78 is 12.6. The molecule has 94 valence electrons. The summed E-state index contributed by atoms with van der Waals surface area (Å²) >= 11 is 0. The van der Waals surface area contributed by atoms with Gasteiger partial charge in [-0.2, -0.15) is 0 Å². The molecule has 2 saturated heterocycles. The molecule has 16 heavy (non-hydrogen) atoms. The van der Waals surface area contributed by atoms with Crippen molar-refractivity contribution in [1.29, 1.82) is 0 Å². The molecule has 0 aromatic rings. The standard InChI is InChI=1S/C13H25FN2/c14-7-11-16-10-3-1-2-4-13(16)12-5-8-15-9-6-12/h12-13,15H,1-11H2. The Morgan fingerprint density at radius 2 is 1.88 bits per heavy atom. The van der Waals surface area contributed by atoms with E-state index in [1.165, 1.54) is 38.5 Å². The van der Waals surface area contributed by atoms with E-state index in [-0.39, 0.29) is 6.67 Å². The first-order valence-corrected chi connectivity index (χ1v) is 6.92. The molecule has 0 bridgehead atoms. The topological polar surface area (TPSA) is 15.3 Å². The second-order valence-electron chi connectivity index (χ2n) is 5.23. The molecule has 0 spiro atoms. The molecule has 0 aliphatic carbocycles. The van der Waals surface area contributed by atoms with E-state index in [1.54, 1.807) is 0 Å². The first kappa shape index (κ1) is 12.3. The average molecular weight is 228 g/mol. The molecule has 2 rings (SSSR count). The Bertz CT molecular complexity index is 192. The average Bonchev–Trinajstić information content (AvgIpc) is 2.56. The third-order valence-electron chi connectivity index (χ3n) is 4.21. The lowest BCUT2D eigenvalue weighted by molar-refractivity contribution is 0.115. The smallest absolute Gasteiger partial charge is 0.102 e. The van der Waals surface area contributed by atoms with Crippen LogP contribution in [0.5, 0.6) is 0 Å². The molecule has 0 amide bonds. The summed E-state index contributed by atoms with van der Waals surface area (Å²) in [6.45, 7) is 3.92. The van der Waals surface area contributed by atoms with E-state index in [1.807, 2.05) is 0 Å². The number of rotatable bonds is 3. The van der Waals surface area contributed by atoms with Crippen LogP contribution in [0.1, 0.15) is 38.5 Å². The fourth-order valence-corrected chi connectivity index (χ4v) is 3.34. The number of likely N-dealkylation sites (tertiary alicyclic amines) is 1. The summed E-state index contributed by atoms with van der Waals surface area (Å²) in [6.07, 6.45) is 7.81. The highest BCUT2D eigenvalue weighted by Gasteiger charge is 2.29. The fourth-order valence-electron chi connectivity index (χ4n) is 3.34. The molecular formula is C13H25FN2. The van der Waals surface area contributed by atoms with Crippen LogP contribution < -0.4 is 5.32 Å². The summed E-state index contributed by atoms with van der Waals surface area (Å²) in [4.78, 5) is 2.43. The van der Waals surface area contributed by atoms with Gasteiger partial charge in [0.1, 0.15) is 6.67 Å². The molecule has 1 atom stereocenters. The summed E-state index contributed by atoms with van der Waals surface area (Å²) in [5, 5.41) is 3.42. The Kier molecular flexibility index (Phi) is 5.04. The first-order valence-electron chi connectivity index (χ1n) is 6.92. The Balaban J connectivity index is 1.94. The Hall–Kier alpha value is -0.150. The molecular weight excluding hydrogens is 203 g/mol. The van der Waals surface area contributed by atoms with Gasteiger partial charge in [-0.1, -0.05) is 12.8 Å². The molecule has 3 heteroatoms. The lowest BCUT2D eigenvalue weighted by Crippen LogP contribution is -2.45. The molecule has 0 aromatic heterocycles. The molecule has 2 fully saturated rings. The van der Waals surface area contributed by atoms with Crippen LogP contribution in [0.4, 0.5) is 4.39 Å². The van der Waals surface area contributed by atoms with Crippen molar-refractivity contribution < 1.29 is 4.39 Å². The van der Waals surface area contributed by atoms with Crippen molar-refractivity contribution in [2.75, 3.05) is 32.9 Å². The third-order valence-corrected chi connectivity index (χ3v) is 4.21. The van der Waals surface area contributed by atoms with Gasteiger partial charge < -0.3 is 5.32 Å². The minimum absolute atomic E-state index is 0.179. The molecule has 1 N–H and O–H groups in total. The molecule has 0 aromatic carbocycles. The van der Waals surface area contributed by atoms with E-state index in [0.717, 1.165) is 25.6 Å². The molecule has 2 aliphatic rings. The van der Waals surface area contributed by atoms with Crippen molar-refractivity contribution in [1.82, 2.24) is 10.2 Å². The molecule has 2 heterocycles. The summed E-state index contributed by atoms with van der Waals surface area (Å²) in [5.74, 6) is 0.811. The summed E-state index contributed by atoms with van der Waals surface area (Å²) in [6, 6.07) is 0.667. The lowest BCUT2D eigenvalue weighted by atomic mass is 9.87.